The molecule has 0 spiro atoms. The van der Waals surface area contributed by atoms with Gasteiger partial charge in [0.2, 0.25) is 0 Å². The van der Waals surface area contributed by atoms with Crippen LogP contribution in [0.2, 0.25) is 0 Å². The zero-order valence-electron chi connectivity index (χ0n) is 14.0. The van der Waals surface area contributed by atoms with E-state index in [1.54, 1.807) is 4.90 Å². The molecule has 5 nitrogen and oxygen atoms in total. The molecule has 0 radical (unpaired) electrons. The Balaban J connectivity index is 2.30. The maximum absolute atomic E-state index is 11.9. The molecule has 1 rings (SSSR count). The number of carbonyl (C=O) groups is 1. The Morgan fingerprint density at radius 2 is 1.76 bits per heavy atom. The van der Waals surface area contributed by atoms with E-state index in [2.05, 4.69) is 28.2 Å². The molecule has 1 aliphatic rings. The van der Waals surface area contributed by atoms with Crippen LogP contribution in [0.5, 0.6) is 0 Å². The number of rotatable bonds is 4. The van der Waals surface area contributed by atoms with Crippen LogP contribution in [0, 0.1) is 0 Å². The van der Waals surface area contributed by atoms with Crippen LogP contribution in [-0.2, 0) is 4.74 Å². The van der Waals surface area contributed by atoms with Crippen LogP contribution in [-0.4, -0.2) is 73.2 Å². The molecular formula is C16H29N3O2. The number of hydrogen-bond donors (Lipinski definition) is 0. The average Bonchev–Trinajstić information content (AvgIpc) is 2.36. The SMILES string of the molecule is CN(C)C/C=C/C=C/N1CCN(C(=O)OC(C)(C)C)CC1. The summed E-state index contributed by atoms with van der Waals surface area (Å²) < 4.78 is 5.38. The number of hydrogen-bond acceptors (Lipinski definition) is 4. The van der Waals surface area contributed by atoms with Crippen molar-refractivity contribution in [3.05, 3.63) is 24.4 Å². The van der Waals surface area contributed by atoms with Crippen molar-refractivity contribution in [3.8, 4) is 0 Å². The summed E-state index contributed by atoms with van der Waals surface area (Å²) in [5.41, 5.74) is -0.425. The number of amides is 1. The summed E-state index contributed by atoms with van der Waals surface area (Å²) in [6.45, 7) is 9.73. The zero-order chi connectivity index (χ0) is 15.9. The normalized spacial score (nSPS) is 17.2. The van der Waals surface area contributed by atoms with Crippen molar-refractivity contribution in [2.24, 2.45) is 0 Å². The highest BCUT2D eigenvalue weighted by atomic mass is 16.6. The fourth-order valence-electron chi connectivity index (χ4n) is 1.90. The number of ether oxygens (including phenoxy) is 1. The third kappa shape index (κ3) is 7.75. The minimum absolute atomic E-state index is 0.211. The summed E-state index contributed by atoms with van der Waals surface area (Å²) >= 11 is 0. The maximum atomic E-state index is 11.9. The molecule has 0 aromatic carbocycles. The first kappa shape index (κ1) is 17.6. The predicted molar refractivity (Wildman–Crippen MR) is 86.2 cm³/mol. The van der Waals surface area contributed by atoms with Gasteiger partial charge in [-0.1, -0.05) is 12.2 Å². The van der Waals surface area contributed by atoms with Gasteiger partial charge in [0.1, 0.15) is 5.60 Å². The monoisotopic (exact) mass is 295 g/mol. The van der Waals surface area contributed by atoms with Crippen molar-refractivity contribution in [3.63, 3.8) is 0 Å². The van der Waals surface area contributed by atoms with Crippen molar-refractivity contribution in [2.45, 2.75) is 26.4 Å². The summed E-state index contributed by atoms with van der Waals surface area (Å²) in [6.07, 6.45) is 8.09. The first-order valence-corrected chi connectivity index (χ1v) is 7.48. The van der Waals surface area contributed by atoms with Gasteiger partial charge in [-0.15, -0.1) is 0 Å². The fourth-order valence-corrected chi connectivity index (χ4v) is 1.90. The third-order valence-corrected chi connectivity index (χ3v) is 2.98. The van der Waals surface area contributed by atoms with Crippen LogP contribution >= 0.6 is 0 Å². The molecule has 1 fully saturated rings. The molecule has 0 bridgehead atoms. The number of piperazine rings is 1. The van der Waals surface area contributed by atoms with E-state index in [9.17, 15) is 4.79 Å². The second-order valence-corrected chi connectivity index (χ2v) is 6.54. The number of carbonyl (C=O) groups excluding carboxylic acids is 1. The molecule has 5 heteroatoms. The Labute approximate surface area is 128 Å². The molecule has 0 aromatic rings. The lowest BCUT2D eigenvalue weighted by atomic mass is 10.2. The minimum atomic E-state index is -0.425. The molecule has 21 heavy (non-hydrogen) atoms. The highest BCUT2D eigenvalue weighted by molar-refractivity contribution is 5.68. The highest BCUT2D eigenvalue weighted by Crippen LogP contribution is 2.11. The van der Waals surface area contributed by atoms with Gasteiger partial charge in [0.15, 0.2) is 0 Å². The van der Waals surface area contributed by atoms with Crippen molar-refractivity contribution in [2.75, 3.05) is 46.8 Å². The number of allylic oxidation sites excluding steroid dienone is 2. The van der Waals surface area contributed by atoms with E-state index in [0.29, 0.717) is 13.1 Å². The van der Waals surface area contributed by atoms with Gasteiger partial charge in [-0.3, -0.25) is 0 Å². The third-order valence-electron chi connectivity index (χ3n) is 2.98. The summed E-state index contributed by atoms with van der Waals surface area (Å²) in [5, 5.41) is 0. The standard InChI is InChI=1S/C16H29N3O2/c1-16(2,3)21-15(20)19-13-11-18(12-14-19)10-8-6-7-9-17(4)5/h6-8,10H,9,11-14H2,1-5H3/b7-6+,10-8+. The van der Waals surface area contributed by atoms with Crippen LogP contribution in [0.1, 0.15) is 20.8 Å². The Morgan fingerprint density at radius 3 is 2.29 bits per heavy atom. The van der Waals surface area contributed by atoms with Crippen LogP contribution in [0.15, 0.2) is 24.4 Å². The van der Waals surface area contributed by atoms with E-state index < -0.39 is 5.60 Å². The molecule has 0 saturated carbocycles. The average molecular weight is 295 g/mol. The molecule has 0 unspecified atom stereocenters. The van der Waals surface area contributed by atoms with Gasteiger partial charge in [0.25, 0.3) is 0 Å². The lowest BCUT2D eigenvalue weighted by molar-refractivity contribution is 0.0176. The van der Waals surface area contributed by atoms with Crippen molar-refractivity contribution < 1.29 is 9.53 Å². The maximum Gasteiger partial charge on any atom is 0.410 e. The molecule has 0 aliphatic carbocycles. The largest absolute Gasteiger partial charge is 0.444 e. The topological polar surface area (TPSA) is 36.0 Å². The first-order chi connectivity index (χ1) is 9.78. The molecule has 1 amide bonds. The Hall–Kier alpha value is -1.49. The van der Waals surface area contributed by atoms with E-state index >= 15 is 0 Å². The summed E-state index contributed by atoms with van der Waals surface area (Å²) in [6, 6.07) is 0. The number of nitrogens with zero attached hydrogens (tertiary/aromatic N) is 3. The van der Waals surface area contributed by atoms with Crippen LogP contribution < -0.4 is 0 Å². The lowest BCUT2D eigenvalue weighted by Gasteiger charge is -2.35. The minimum Gasteiger partial charge on any atom is -0.444 e. The zero-order valence-corrected chi connectivity index (χ0v) is 14.0. The molecule has 0 atom stereocenters. The van der Waals surface area contributed by atoms with Gasteiger partial charge in [-0.05, 0) is 47.1 Å². The first-order valence-electron chi connectivity index (χ1n) is 7.48. The van der Waals surface area contributed by atoms with Gasteiger partial charge >= 0.3 is 6.09 Å². The molecular weight excluding hydrogens is 266 g/mol. The van der Waals surface area contributed by atoms with E-state index in [1.165, 1.54) is 0 Å². The van der Waals surface area contributed by atoms with Crippen molar-refractivity contribution in [1.29, 1.82) is 0 Å². The molecule has 120 valence electrons. The molecule has 1 aliphatic heterocycles. The van der Waals surface area contributed by atoms with Crippen LogP contribution in [0.25, 0.3) is 0 Å². The predicted octanol–water partition coefficient (Wildman–Crippen LogP) is 2.17. The van der Waals surface area contributed by atoms with E-state index in [0.717, 1.165) is 19.6 Å². The smallest absolute Gasteiger partial charge is 0.410 e. The van der Waals surface area contributed by atoms with Crippen LogP contribution in [0.3, 0.4) is 0 Å². The Kier molecular flexibility index (Phi) is 6.75. The Bertz CT molecular complexity index is 375. The van der Waals surface area contributed by atoms with Gasteiger partial charge in [-0.25, -0.2) is 4.79 Å². The molecule has 1 heterocycles. The fraction of sp³-hybridized carbons (Fsp3) is 0.688. The van der Waals surface area contributed by atoms with Crippen molar-refractivity contribution >= 4 is 6.09 Å². The van der Waals surface area contributed by atoms with Crippen molar-refractivity contribution in [1.82, 2.24) is 14.7 Å². The van der Waals surface area contributed by atoms with Crippen LogP contribution in [0.4, 0.5) is 4.79 Å². The second kappa shape index (κ2) is 8.08. The summed E-state index contributed by atoms with van der Waals surface area (Å²) in [4.78, 5) is 18.0. The van der Waals surface area contributed by atoms with E-state index in [4.69, 9.17) is 4.74 Å². The molecule has 1 saturated heterocycles. The molecule has 0 aromatic heterocycles. The summed E-state index contributed by atoms with van der Waals surface area (Å²) in [7, 11) is 4.09. The van der Waals surface area contributed by atoms with Gasteiger partial charge in [0.05, 0.1) is 0 Å². The van der Waals surface area contributed by atoms with Gasteiger partial charge < -0.3 is 19.4 Å². The lowest BCUT2D eigenvalue weighted by Crippen LogP contribution is -2.48. The van der Waals surface area contributed by atoms with Gasteiger partial charge in [-0.2, -0.15) is 0 Å². The highest BCUT2D eigenvalue weighted by Gasteiger charge is 2.24. The van der Waals surface area contributed by atoms with E-state index in [1.807, 2.05) is 40.9 Å². The quantitative estimate of drug-likeness (QED) is 0.745. The summed E-state index contributed by atoms with van der Waals surface area (Å²) in [5.74, 6) is 0. The van der Waals surface area contributed by atoms with Gasteiger partial charge in [0, 0.05) is 32.7 Å². The Morgan fingerprint density at radius 1 is 1.14 bits per heavy atom. The number of likely N-dealkylation sites (N-methyl/N-ethyl adjacent to an activating group) is 1. The van der Waals surface area contributed by atoms with E-state index in [-0.39, 0.29) is 6.09 Å². The molecule has 0 N–H and O–H groups in total. The second-order valence-electron chi connectivity index (χ2n) is 6.54.